The SMILES string of the molecule is CC(O)C1(c2ccc(NC(=O)OC(C)(C)C)c(O)c2)CC1. The Kier molecular flexibility index (Phi) is 3.89. The summed E-state index contributed by atoms with van der Waals surface area (Å²) in [6.07, 6.45) is 0.745. The van der Waals surface area contributed by atoms with Crippen molar-refractivity contribution < 1.29 is 19.7 Å². The van der Waals surface area contributed by atoms with Gasteiger partial charge in [0.15, 0.2) is 0 Å². The van der Waals surface area contributed by atoms with E-state index in [4.69, 9.17) is 4.74 Å². The first-order valence-corrected chi connectivity index (χ1v) is 7.16. The highest BCUT2D eigenvalue weighted by Crippen LogP contribution is 2.52. The van der Waals surface area contributed by atoms with Gasteiger partial charge in [-0.2, -0.15) is 0 Å². The molecule has 2 rings (SSSR count). The molecule has 1 fully saturated rings. The molecular formula is C16H23NO4. The minimum Gasteiger partial charge on any atom is -0.506 e. The van der Waals surface area contributed by atoms with Crippen LogP contribution >= 0.6 is 0 Å². The normalized spacial score (nSPS) is 18.0. The summed E-state index contributed by atoms with van der Waals surface area (Å²) in [5.41, 5.74) is 0.352. The molecule has 1 aromatic rings. The number of hydrogen-bond donors (Lipinski definition) is 3. The first-order valence-electron chi connectivity index (χ1n) is 7.16. The summed E-state index contributed by atoms with van der Waals surface area (Å²) in [7, 11) is 0. The van der Waals surface area contributed by atoms with Crippen molar-refractivity contribution in [3.05, 3.63) is 23.8 Å². The molecule has 0 aliphatic heterocycles. The van der Waals surface area contributed by atoms with Crippen LogP contribution in [0.15, 0.2) is 18.2 Å². The Morgan fingerprint density at radius 1 is 1.38 bits per heavy atom. The zero-order valence-electron chi connectivity index (χ0n) is 12.9. The summed E-state index contributed by atoms with van der Waals surface area (Å²) in [4.78, 5) is 11.7. The van der Waals surface area contributed by atoms with Crippen LogP contribution in [0.4, 0.5) is 10.5 Å². The van der Waals surface area contributed by atoms with Crippen molar-refractivity contribution in [2.45, 2.75) is 57.7 Å². The monoisotopic (exact) mass is 293 g/mol. The lowest BCUT2D eigenvalue weighted by Crippen LogP contribution is -2.27. The molecule has 0 saturated heterocycles. The quantitative estimate of drug-likeness (QED) is 0.748. The summed E-state index contributed by atoms with van der Waals surface area (Å²) < 4.78 is 5.14. The Morgan fingerprint density at radius 2 is 2.00 bits per heavy atom. The van der Waals surface area contributed by atoms with Crippen molar-refractivity contribution in [2.24, 2.45) is 0 Å². The van der Waals surface area contributed by atoms with Crippen molar-refractivity contribution in [2.75, 3.05) is 5.32 Å². The van der Waals surface area contributed by atoms with E-state index in [-0.39, 0.29) is 11.2 Å². The van der Waals surface area contributed by atoms with Crippen LogP contribution in [0.3, 0.4) is 0 Å². The third-order valence-corrected chi connectivity index (χ3v) is 3.80. The maximum atomic E-state index is 11.7. The smallest absolute Gasteiger partial charge is 0.412 e. The molecule has 5 nitrogen and oxygen atoms in total. The second kappa shape index (κ2) is 5.22. The van der Waals surface area contributed by atoms with Gasteiger partial charge < -0.3 is 14.9 Å². The van der Waals surface area contributed by atoms with Crippen LogP contribution in [0.1, 0.15) is 46.1 Å². The first-order chi connectivity index (χ1) is 9.64. The summed E-state index contributed by atoms with van der Waals surface area (Å²) >= 11 is 0. The fourth-order valence-electron chi connectivity index (χ4n) is 2.44. The van der Waals surface area contributed by atoms with Crippen LogP contribution < -0.4 is 5.32 Å². The van der Waals surface area contributed by atoms with Crippen molar-refractivity contribution in [1.82, 2.24) is 0 Å². The summed E-state index contributed by atoms with van der Waals surface area (Å²) in [6.45, 7) is 7.08. The number of amides is 1. The molecule has 1 aromatic carbocycles. The van der Waals surface area contributed by atoms with Crippen molar-refractivity contribution in [1.29, 1.82) is 0 Å². The number of hydrogen-bond acceptors (Lipinski definition) is 4. The van der Waals surface area contributed by atoms with E-state index in [1.807, 2.05) is 6.07 Å². The number of nitrogens with one attached hydrogen (secondary N) is 1. The largest absolute Gasteiger partial charge is 0.506 e. The summed E-state index contributed by atoms with van der Waals surface area (Å²) in [6, 6.07) is 5.07. The van der Waals surface area contributed by atoms with E-state index in [2.05, 4.69) is 5.32 Å². The van der Waals surface area contributed by atoms with E-state index in [1.54, 1.807) is 39.8 Å². The van der Waals surface area contributed by atoms with Gasteiger partial charge in [-0.15, -0.1) is 0 Å². The van der Waals surface area contributed by atoms with E-state index in [0.29, 0.717) is 5.69 Å². The van der Waals surface area contributed by atoms with E-state index in [1.165, 1.54) is 0 Å². The average Bonchev–Trinajstić information content (AvgIpc) is 3.10. The van der Waals surface area contributed by atoms with Crippen molar-refractivity contribution in [3.63, 3.8) is 0 Å². The molecule has 1 unspecified atom stereocenters. The molecular weight excluding hydrogens is 270 g/mol. The minimum atomic E-state index is -0.609. The van der Waals surface area contributed by atoms with Gasteiger partial charge in [-0.3, -0.25) is 5.32 Å². The van der Waals surface area contributed by atoms with Gasteiger partial charge in [0.1, 0.15) is 11.4 Å². The number of rotatable bonds is 3. The summed E-state index contributed by atoms with van der Waals surface area (Å²) in [5, 5.41) is 22.4. The molecule has 0 radical (unpaired) electrons. The van der Waals surface area contributed by atoms with Crippen molar-refractivity contribution >= 4 is 11.8 Å². The highest BCUT2D eigenvalue weighted by molar-refractivity contribution is 5.87. The van der Waals surface area contributed by atoms with E-state index < -0.39 is 17.8 Å². The second-order valence-corrected chi connectivity index (χ2v) is 6.69. The molecule has 1 atom stereocenters. The number of aliphatic hydroxyl groups is 1. The molecule has 0 heterocycles. The van der Waals surface area contributed by atoms with E-state index in [0.717, 1.165) is 18.4 Å². The molecule has 3 N–H and O–H groups in total. The molecule has 116 valence electrons. The van der Waals surface area contributed by atoms with E-state index in [9.17, 15) is 15.0 Å². The van der Waals surface area contributed by atoms with Gasteiger partial charge in [-0.05, 0) is 58.2 Å². The lowest BCUT2D eigenvalue weighted by molar-refractivity contribution is 0.0635. The topological polar surface area (TPSA) is 78.8 Å². The maximum absolute atomic E-state index is 11.7. The van der Waals surface area contributed by atoms with E-state index >= 15 is 0 Å². The highest BCUT2D eigenvalue weighted by Gasteiger charge is 2.48. The Hall–Kier alpha value is -1.75. The van der Waals surface area contributed by atoms with Crippen LogP contribution in [0.2, 0.25) is 0 Å². The second-order valence-electron chi connectivity index (χ2n) is 6.69. The highest BCUT2D eigenvalue weighted by atomic mass is 16.6. The lowest BCUT2D eigenvalue weighted by atomic mass is 9.90. The van der Waals surface area contributed by atoms with Crippen LogP contribution in [0.25, 0.3) is 0 Å². The number of aromatic hydroxyl groups is 1. The van der Waals surface area contributed by atoms with Gasteiger partial charge in [0.2, 0.25) is 0 Å². The van der Waals surface area contributed by atoms with Crippen molar-refractivity contribution in [3.8, 4) is 5.75 Å². The molecule has 1 amide bonds. The number of carbonyl (C=O) groups is 1. The maximum Gasteiger partial charge on any atom is 0.412 e. The Morgan fingerprint density at radius 3 is 2.43 bits per heavy atom. The fourth-order valence-corrected chi connectivity index (χ4v) is 2.44. The average molecular weight is 293 g/mol. The molecule has 5 heteroatoms. The van der Waals surface area contributed by atoms with Gasteiger partial charge in [-0.25, -0.2) is 4.79 Å². The van der Waals surface area contributed by atoms with Crippen LogP contribution in [-0.2, 0) is 10.2 Å². The Bertz CT molecular complexity index is 542. The standard InChI is InChI=1S/C16H23NO4/c1-10(18)16(7-8-16)11-5-6-12(13(19)9-11)17-14(20)21-15(2,3)4/h5-6,9-10,18-19H,7-8H2,1-4H3,(H,17,20). The molecule has 1 saturated carbocycles. The van der Waals surface area contributed by atoms with Gasteiger partial charge in [-0.1, -0.05) is 6.07 Å². The van der Waals surface area contributed by atoms with Gasteiger partial charge in [0.05, 0.1) is 11.8 Å². The van der Waals surface area contributed by atoms with Gasteiger partial charge in [0.25, 0.3) is 0 Å². The third-order valence-electron chi connectivity index (χ3n) is 3.80. The number of phenolic OH excluding ortho intramolecular Hbond substituents is 1. The summed E-state index contributed by atoms with van der Waals surface area (Å²) in [5.74, 6) is -0.0229. The third kappa shape index (κ3) is 3.47. The fraction of sp³-hybridized carbons (Fsp3) is 0.562. The number of ether oxygens (including phenoxy) is 1. The van der Waals surface area contributed by atoms with Crippen LogP contribution in [0.5, 0.6) is 5.75 Å². The molecule has 1 aliphatic rings. The molecule has 0 aromatic heterocycles. The van der Waals surface area contributed by atoms with Crippen LogP contribution in [0, 0.1) is 0 Å². The number of carbonyl (C=O) groups excluding carboxylic acids is 1. The number of benzene rings is 1. The number of anilines is 1. The Balaban J connectivity index is 2.12. The lowest BCUT2D eigenvalue weighted by Gasteiger charge is -2.21. The predicted molar refractivity (Wildman–Crippen MR) is 80.6 cm³/mol. The predicted octanol–water partition coefficient (Wildman–Crippen LogP) is 3.15. The molecule has 21 heavy (non-hydrogen) atoms. The molecule has 0 bridgehead atoms. The van der Waals surface area contributed by atoms with Gasteiger partial charge >= 0.3 is 6.09 Å². The Labute approximate surface area is 124 Å². The zero-order chi connectivity index (χ0) is 15.8. The van der Waals surface area contributed by atoms with Gasteiger partial charge in [0, 0.05) is 5.41 Å². The number of aliphatic hydroxyl groups excluding tert-OH is 1. The molecule has 0 spiro atoms. The van der Waals surface area contributed by atoms with Crippen LogP contribution in [-0.4, -0.2) is 28.0 Å². The first kappa shape index (κ1) is 15.6. The zero-order valence-corrected chi connectivity index (χ0v) is 12.9. The number of phenols is 1. The minimum absolute atomic E-state index is 0.0229. The molecule has 1 aliphatic carbocycles.